The molecule has 0 aliphatic rings. The Balaban J connectivity index is 2.90. The second kappa shape index (κ2) is 5.53. The Kier molecular flexibility index (Phi) is 4.33. The Morgan fingerprint density at radius 2 is 2.06 bits per heavy atom. The molecule has 92 valence electrons. The molecule has 1 atom stereocenters. The molecule has 0 bridgehead atoms. The normalized spacial score (nSPS) is 12.1. The Labute approximate surface area is 98.9 Å². The van der Waals surface area contributed by atoms with Gasteiger partial charge in [-0.2, -0.15) is 0 Å². The number of halogens is 1. The highest BCUT2D eigenvalue weighted by Crippen LogP contribution is 2.12. The molecule has 7 heteroatoms. The minimum atomic E-state index is -1.72. The van der Waals surface area contributed by atoms with Crippen molar-refractivity contribution in [3.8, 4) is 0 Å². The van der Waals surface area contributed by atoms with Gasteiger partial charge in [0.2, 0.25) is 5.91 Å². The Bertz CT molecular complexity index is 489. The fourth-order valence-corrected chi connectivity index (χ4v) is 2.15. The van der Waals surface area contributed by atoms with Crippen molar-refractivity contribution in [2.75, 3.05) is 5.75 Å². The predicted molar refractivity (Wildman–Crippen MR) is 59.3 cm³/mol. The summed E-state index contributed by atoms with van der Waals surface area (Å²) >= 11 is 0. The molecule has 0 aliphatic carbocycles. The van der Waals surface area contributed by atoms with E-state index in [0.717, 1.165) is 6.07 Å². The number of primary amides is 1. The molecule has 1 aromatic carbocycles. The summed E-state index contributed by atoms with van der Waals surface area (Å²) in [5.41, 5.74) is 5.12. The summed E-state index contributed by atoms with van der Waals surface area (Å²) in [6.45, 7) is 0. The van der Waals surface area contributed by atoms with Gasteiger partial charge in [-0.15, -0.1) is 0 Å². The van der Waals surface area contributed by atoms with E-state index in [1.807, 2.05) is 0 Å². The Morgan fingerprint density at radius 3 is 2.59 bits per heavy atom. The molecular weight excluding hydrogens is 249 g/mol. The molecule has 17 heavy (non-hydrogen) atoms. The van der Waals surface area contributed by atoms with E-state index in [-0.39, 0.29) is 16.9 Å². The molecule has 0 saturated carbocycles. The number of nitrogens with two attached hydrogens (primary N) is 1. The fourth-order valence-electron chi connectivity index (χ4n) is 1.20. The van der Waals surface area contributed by atoms with Crippen LogP contribution in [0.1, 0.15) is 15.9 Å². The number of benzene rings is 1. The topological polar surface area (TPSA) is 97.5 Å². The number of amides is 1. The van der Waals surface area contributed by atoms with E-state index in [9.17, 15) is 18.2 Å². The lowest BCUT2D eigenvalue weighted by molar-refractivity contribution is -0.133. The van der Waals surface area contributed by atoms with Crippen LogP contribution in [0.2, 0.25) is 0 Å². The minimum absolute atomic E-state index is 0.0147. The van der Waals surface area contributed by atoms with Crippen LogP contribution in [0.5, 0.6) is 0 Å². The van der Waals surface area contributed by atoms with Crippen molar-refractivity contribution in [1.29, 1.82) is 0 Å². The average molecular weight is 259 g/mol. The van der Waals surface area contributed by atoms with Crippen LogP contribution < -0.4 is 5.73 Å². The number of hydrogen-bond donors (Lipinski definition) is 2. The zero-order chi connectivity index (χ0) is 13.0. The molecule has 0 aromatic heterocycles. The molecule has 0 fully saturated rings. The van der Waals surface area contributed by atoms with Crippen LogP contribution in [0.15, 0.2) is 18.2 Å². The van der Waals surface area contributed by atoms with Gasteiger partial charge < -0.3 is 10.8 Å². The summed E-state index contributed by atoms with van der Waals surface area (Å²) < 4.78 is 24.6. The maximum atomic E-state index is 13.3. The van der Waals surface area contributed by atoms with Crippen molar-refractivity contribution in [2.45, 2.75) is 5.75 Å². The summed E-state index contributed by atoms with van der Waals surface area (Å²) in [5, 5.41) is 8.41. The van der Waals surface area contributed by atoms with Gasteiger partial charge in [0.05, 0.1) is 5.75 Å². The van der Waals surface area contributed by atoms with Crippen LogP contribution in [0.25, 0.3) is 0 Å². The molecule has 1 aromatic rings. The molecule has 0 saturated heterocycles. The number of carboxylic acid groups (broad SMARTS) is 1. The zero-order valence-corrected chi connectivity index (χ0v) is 9.50. The van der Waals surface area contributed by atoms with Crippen LogP contribution in [-0.2, 0) is 21.3 Å². The molecule has 1 amide bonds. The van der Waals surface area contributed by atoms with E-state index in [4.69, 9.17) is 10.8 Å². The van der Waals surface area contributed by atoms with E-state index in [2.05, 4.69) is 0 Å². The van der Waals surface area contributed by atoms with Gasteiger partial charge in [0, 0.05) is 21.9 Å². The quantitative estimate of drug-likeness (QED) is 0.792. The second-order valence-corrected chi connectivity index (χ2v) is 4.75. The lowest BCUT2D eigenvalue weighted by Gasteiger charge is -2.04. The van der Waals surface area contributed by atoms with E-state index >= 15 is 0 Å². The summed E-state index contributed by atoms with van der Waals surface area (Å²) in [6, 6.07) is 3.42. The van der Waals surface area contributed by atoms with Crippen molar-refractivity contribution in [1.82, 2.24) is 0 Å². The molecule has 1 rings (SSSR count). The van der Waals surface area contributed by atoms with Gasteiger partial charge >= 0.3 is 5.97 Å². The average Bonchev–Trinajstić information content (AvgIpc) is 2.19. The summed E-state index contributed by atoms with van der Waals surface area (Å²) in [6.07, 6.45) is 0. The Hall–Kier alpha value is -1.76. The van der Waals surface area contributed by atoms with Gasteiger partial charge in [-0.3, -0.25) is 13.8 Å². The molecule has 0 spiro atoms. The third-order valence-electron chi connectivity index (χ3n) is 1.93. The number of aliphatic carboxylic acids is 1. The third kappa shape index (κ3) is 3.95. The van der Waals surface area contributed by atoms with E-state index < -0.39 is 34.2 Å². The second-order valence-electron chi connectivity index (χ2n) is 3.29. The van der Waals surface area contributed by atoms with E-state index in [1.54, 1.807) is 0 Å². The molecular formula is C10H10FNO4S. The van der Waals surface area contributed by atoms with E-state index in [0.29, 0.717) is 0 Å². The minimum Gasteiger partial charge on any atom is -0.481 e. The van der Waals surface area contributed by atoms with Crippen molar-refractivity contribution >= 4 is 22.7 Å². The van der Waals surface area contributed by atoms with Crippen molar-refractivity contribution < 1.29 is 23.3 Å². The SMILES string of the molecule is NC(=O)c1ccc(F)c(CS(=O)CC(=O)O)c1. The summed E-state index contributed by atoms with van der Waals surface area (Å²) in [7, 11) is -1.72. The highest BCUT2D eigenvalue weighted by atomic mass is 32.2. The van der Waals surface area contributed by atoms with Crippen LogP contribution in [0, 0.1) is 5.82 Å². The maximum Gasteiger partial charge on any atom is 0.316 e. The van der Waals surface area contributed by atoms with Crippen LogP contribution >= 0.6 is 0 Å². The van der Waals surface area contributed by atoms with Gasteiger partial charge in [0.1, 0.15) is 11.6 Å². The van der Waals surface area contributed by atoms with Gasteiger partial charge in [-0.05, 0) is 18.2 Å². The highest BCUT2D eigenvalue weighted by Gasteiger charge is 2.12. The summed E-state index contributed by atoms with van der Waals surface area (Å²) in [5.74, 6) is -3.43. The first-order chi connectivity index (χ1) is 7.90. The molecule has 3 N–H and O–H groups in total. The van der Waals surface area contributed by atoms with Crippen LogP contribution in [0.3, 0.4) is 0 Å². The molecule has 0 aliphatic heterocycles. The lowest BCUT2D eigenvalue weighted by atomic mass is 10.1. The van der Waals surface area contributed by atoms with Crippen molar-refractivity contribution in [3.05, 3.63) is 35.1 Å². The first-order valence-electron chi connectivity index (χ1n) is 4.55. The number of rotatable bonds is 5. The lowest BCUT2D eigenvalue weighted by Crippen LogP contribution is -2.14. The molecule has 1 unspecified atom stereocenters. The van der Waals surface area contributed by atoms with Crippen LogP contribution in [0.4, 0.5) is 4.39 Å². The third-order valence-corrected chi connectivity index (χ3v) is 3.13. The number of carbonyl (C=O) groups excluding carboxylic acids is 1. The maximum absolute atomic E-state index is 13.3. The highest BCUT2D eigenvalue weighted by molar-refractivity contribution is 7.84. The largest absolute Gasteiger partial charge is 0.481 e. The van der Waals surface area contributed by atoms with Gasteiger partial charge in [0.25, 0.3) is 0 Å². The number of hydrogen-bond acceptors (Lipinski definition) is 3. The standard InChI is InChI=1S/C10H10FNO4S/c11-8-2-1-6(10(12)15)3-7(8)4-17(16)5-9(13)14/h1-3H,4-5H2,(H2,12,15)(H,13,14). The fraction of sp³-hybridized carbons (Fsp3) is 0.200. The zero-order valence-electron chi connectivity index (χ0n) is 8.68. The smallest absolute Gasteiger partial charge is 0.316 e. The van der Waals surface area contributed by atoms with Gasteiger partial charge in [-0.25, -0.2) is 4.39 Å². The molecule has 5 nitrogen and oxygen atoms in total. The first-order valence-corrected chi connectivity index (χ1v) is 6.04. The molecule has 0 radical (unpaired) electrons. The van der Waals surface area contributed by atoms with Crippen molar-refractivity contribution in [3.63, 3.8) is 0 Å². The van der Waals surface area contributed by atoms with E-state index in [1.165, 1.54) is 12.1 Å². The van der Waals surface area contributed by atoms with Gasteiger partial charge in [0.15, 0.2) is 0 Å². The van der Waals surface area contributed by atoms with Gasteiger partial charge in [-0.1, -0.05) is 0 Å². The van der Waals surface area contributed by atoms with Crippen molar-refractivity contribution in [2.24, 2.45) is 5.73 Å². The number of carboxylic acids is 1. The first kappa shape index (κ1) is 13.3. The van der Waals surface area contributed by atoms with Crippen LogP contribution in [-0.4, -0.2) is 26.9 Å². The predicted octanol–water partition coefficient (Wildman–Crippen LogP) is 0.258. The number of carbonyl (C=O) groups is 2. The summed E-state index contributed by atoms with van der Waals surface area (Å²) in [4.78, 5) is 21.2. The monoisotopic (exact) mass is 259 g/mol. The molecule has 0 heterocycles. The Morgan fingerprint density at radius 1 is 1.41 bits per heavy atom.